The Bertz CT molecular complexity index is 530. The first-order valence-electron chi connectivity index (χ1n) is 18.3. The predicted octanol–water partition coefficient (Wildman–Crippen LogP) is 9.54. The first-order chi connectivity index (χ1) is 20.0. The van der Waals surface area contributed by atoms with Gasteiger partial charge in [0.25, 0.3) is 0 Å². The highest BCUT2D eigenvalue weighted by Gasteiger charge is 2.21. The zero-order chi connectivity index (χ0) is 30.2. The molecule has 0 aromatic heterocycles. The van der Waals surface area contributed by atoms with Gasteiger partial charge in [-0.3, -0.25) is 4.79 Å². The quantitative estimate of drug-likeness (QED) is 0.0579. The fourth-order valence-electron chi connectivity index (χ4n) is 5.82. The molecule has 0 aromatic carbocycles. The average Bonchev–Trinajstić information content (AvgIpc) is 2.96. The van der Waals surface area contributed by atoms with Gasteiger partial charge in [-0.2, -0.15) is 0 Å². The third kappa shape index (κ3) is 29.2. The molecule has 0 aliphatic heterocycles. The number of aliphatic hydroxyl groups is 3. The van der Waals surface area contributed by atoms with Gasteiger partial charge in [0.15, 0.2) is 0 Å². The highest BCUT2D eigenvalue weighted by Crippen LogP contribution is 2.16. The number of nitrogens with one attached hydrogen (secondary N) is 1. The molecule has 0 aliphatic rings. The molecule has 0 rings (SSSR count). The van der Waals surface area contributed by atoms with Crippen molar-refractivity contribution < 1.29 is 20.1 Å². The maximum absolute atomic E-state index is 12.4. The fourth-order valence-corrected chi connectivity index (χ4v) is 5.82. The lowest BCUT2D eigenvalue weighted by molar-refractivity contribution is -0.125. The van der Waals surface area contributed by atoms with E-state index in [-0.39, 0.29) is 18.9 Å². The van der Waals surface area contributed by atoms with Crippen molar-refractivity contribution >= 4 is 5.91 Å². The first-order valence-corrected chi connectivity index (χ1v) is 18.3. The van der Waals surface area contributed by atoms with Crippen molar-refractivity contribution in [2.75, 3.05) is 6.61 Å². The maximum atomic E-state index is 12.4. The number of hydrogen-bond acceptors (Lipinski definition) is 4. The summed E-state index contributed by atoms with van der Waals surface area (Å²) in [7, 11) is 0. The number of carbonyl (C=O) groups is 1. The van der Waals surface area contributed by atoms with Crippen LogP contribution >= 0.6 is 0 Å². The summed E-state index contributed by atoms with van der Waals surface area (Å²) in [5.74, 6) is -0.282. The molecule has 0 saturated heterocycles. The van der Waals surface area contributed by atoms with Crippen molar-refractivity contribution in [1.82, 2.24) is 5.32 Å². The van der Waals surface area contributed by atoms with Crippen molar-refractivity contribution in [2.24, 2.45) is 0 Å². The fraction of sp³-hybridized carbons (Fsp3) is 0.972. The Hall–Kier alpha value is -0.650. The Balaban J connectivity index is 3.65. The highest BCUT2D eigenvalue weighted by molar-refractivity contribution is 5.76. The van der Waals surface area contributed by atoms with Crippen LogP contribution in [0.2, 0.25) is 0 Å². The smallest absolute Gasteiger partial charge is 0.222 e. The van der Waals surface area contributed by atoms with Crippen LogP contribution < -0.4 is 5.32 Å². The molecule has 41 heavy (non-hydrogen) atoms. The normalized spacial score (nSPS) is 13.8. The molecule has 0 heterocycles. The van der Waals surface area contributed by atoms with Gasteiger partial charge in [0.05, 0.1) is 31.3 Å². The van der Waals surface area contributed by atoms with Crippen LogP contribution in [0, 0.1) is 0 Å². The Morgan fingerprint density at radius 3 is 1.17 bits per heavy atom. The summed E-state index contributed by atoms with van der Waals surface area (Å²) in [6.07, 6.45) is 33.3. The summed E-state index contributed by atoms with van der Waals surface area (Å²) in [5, 5.41) is 33.2. The molecule has 3 atom stereocenters. The van der Waals surface area contributed by atoms with E-state index in [1.807, 2.05) is 0 Å². The van der Waals surface area contributed by atoms with Crippen LogP contribution in [0.4, 0.5) is 0 Å². The largest absolute Gasteiger partial charge is 0.394 e. The van der Waals surface area contributed by atoms with Crippen LogP contribution in [0.5, 0.6) is 0 Å². The second-order valence-corrected chi connectivity index (χ2v) is 12.8. The molecule has 4 N–H and O–H groups in total. The van der Waals surface area contributed by atoms with Gasteiger partial charge in [0.2, 0.25) is 5.91 Å². The molecule has 0 spiro atoms. The van der Waals surface area contributed by atoms with E-state index in [0.29, 0.717) is 12.8 Å². The molecule has 0 fully saturated rings. The van der Waals surface area contributed by atoms with Gasteiger partial charge in [-0.25, -0.2) is 0 Å². The van der Waals surface area contributed by atoms with Crippen molar-refractivity contribution in [1.29, 1.82) is 0 Å². The minimum Gasteiger partial charge on any atom is -0.394 e. The van der Waals surface area contributed by atoms with Gasteiger partial charge >= 0.3 is 0 Å². The van der Waals surface area contributed by atoms with Crippen molar-refractivity contribution in [3.8, 4) is 0 Å². The number of carbonyl (C=O) groups excluding carboxylic acids is 1. The lowest BCUT2D eigenvalue weighted by Crippen LogP contribution is -2.46. The third-order valence-corrected chi connectivity index (χ3v) is 8.67. The average molecular weight is 584 g/mol. The molecule has 0 aliphatic carbocycles. The monoisotopic (exact) mass is 584 g/mol. The van der Waals surface area contributed by atoms with Crippen LogP contribution in [0.3, 0.4) is 0 Å². The maximum Gasteiger partial charge on any atom is 0.222 e. The van der Waals surface area contributed by atoms with Crippen molar-refractivity contribution in [2.45, 2.75) is 218 Å². The molecule has 0 saturated carbocycles. The SMILES string of the molecule is CCCCCCCCCCCCCCCCC(O)CC(=O)NC(CO)C(O)CCCCCCCCCCCCCC. The van der Waals surface area contributed by atoms with Gasteiger partial charge in [-0.05, 0) is 12.8 Å². The predicted molar refractivity (Wildman–Crippen MR) is 176 cm³/mol. The van der Waals surface area contributed by atoms with E-state index in [2.05, 4.69) is 19.2 Å². The zero-order valence-corrected chi connectivity index (χ0v) is 27.7. The Morgan fingerprint density at radius 2 is 0.829 bits per heavy atom. The van der Waals surface area contributed by atoms with E-state index in [1.54, 1.807) is 0 Å². The number of amides is 1. The van der Waals surface area contributed by atoms with Crippen molar-refractivity contribution in [3.05, 3.63) is 0 Å². The van der Waals surface area contributed by atoms with Crippen LogP contribution in [0.25, 0.3) is 0 Å². The van der Waals surface area contributed by atoms with Gasteiger partial charge in [-0.15, -0.1) is 0 Å². The second-order valence-electron chi connectivity index (χ2n) is 12.8. The lowest BCUT2D eigenvalue weighted by atomic mass is 10.0. The third-order valence-electron chi connectivity index (χ3n) is 8.67. The summed E-state index contributed by atoms with van der Waals surface area (Å²) in [5.41, 5.74) is 0. The highest BCUT2D eigenvalue weighted by atomic mass is 16.3. The summed E-state index contributed by atoms with van der Waals surface area (Å²) in [6, 6.07) is -0.650. The Kier molecular flexibility index (Phi) is 31.8. The van der Waals surface area contributed by atoms with E-state index in [9.17, 15) is 20.1 Å². The standard InChI is InChI=1S/C36H73NO4/c1-3-5-7-9-11-13-15-17-18-19-21-23-25-27-29-33(39)31-36(41)37-34(32-38)35(40)30-28-26-24-22-20-16-14-12-10-8-6-4-2/h33-35,38-40H,3-32H2,1-2H3,(H,37,41). The summed E-state index contributed by atoms with van der Waals surface area (Å²) < 4.78 is 0. The van der Waals surface area contributed by atoms with Gasteiger partial charge in [-0.1, -0.05) is 181 Å². The Morgan fingerprint density at radius 1 is 0.512 bits per heavy atom. The topological polar surface area (TPSA) is 89.8 Å². The van der Waals surface area contributed by atoms with E-state index >= 15 is 0 Å². The molecule has 5 heteroatoms. The summed E-state index contributed by atoms with van der Waals surface area (Å²) in [6.45, 7) is 4.25. The van der Waals surface area contributed by atoms with Crippen LogP contribution in [-0.2, 0) is 4.79 Å². The molecular formula is C36H73NO4. The Labute approximate surface area is 256 Å². The van der Waals surface area contributed by atoms with E-state index in [4.69, 9.17) is 0 Å². The van der Waals surface area contributed by atoms with Gasteiger partial charge in [0.1, 0.15) is 0 Å². The van der Waals surface area contributed by atoms with E-state index < -0.39 is 18.2 Å². The van der Waals surface area contributed by atoms with Crippen molar-refractivity contribution in [3.63, 3.8) is 0 Å². The second kappa shape index (κ2) is 32.3. The van der Waals surface area contributed by atoms with Crippen LogP contribution in [0.1, 0.15) is 200 Å². The lowest BCUT2D eigenvalue weighted by Gasteiger charge is -2.23. The molecular weight excluding hydrogens is 510 g/mol. The van der Waals surface area contributed by atoms with E-state index in [0.717, 1.165) is 25.7 Å². The zero-order valence-electron chi connectivity index (χ0n) is 27.7. The van der Waals surface area contributed by atoms with Gasteiger partial charge in [0, 0.05) is 0 Å². The first kappa shape index (κ1) is 40.4. The molecule has 5 nitrogen and oxygen atoms in total. The summed E-state index contributed by atoms with van der Waals surface area (Å²) in [4.78, 5) is 12.4. The molecule has 246 valence electrons. The molecule has 0 radical (unpaired) electrons. The summed E-state index contributed by atoms with van der Waals surface area (Å²) >= 11 is 0. The molecule has 0 bridgehead atoms. The van der Waals surface area contributed by atoms with E-state index in [1.165, 1.54) is 141 Å². The number of unbranched alkanes of at least 4 members (excludes halogenated alkanes) is 24. The minimum atomic E-state index is -0.741. The number of hydrogen-bond donors (Lipinski definition) is 4. The molecule has 3 unspecified atom stereocenters. The molecule has 1 amide bonds. The van der Waals surface area contributed by atoms with Gasteiger partial charge < -0.3 is 20.6 Å². The van der Waals surface area contributed by atoms with Crippen LogP contribution in [0.15, 0.2) is 0 Å². The number of aliphatic hydroxyl groups excluding tert-OH is 3. The molecule has 0 aromatic rings. The van der Waals surface area contributed by atoms with Crippen LogP contribution in [-0.4, -0.2) is 46.1 Å². The number of rotatable bonds is 33. The minimum absolute atomic E-state index is 0.0419.